The highest BCUT2D eigenvalue weighted by Gasteiger charge is 2.32. The molecule has 1 N–H and O–H groups in total. The third-order valence-corrected chi connectivity index (χ3v) is 4.67. The fourth-order valence-corrected chi connectivity index (χ4v) is 3.28. The van der Waals surface area contributed by atoms with Gasteiger partial charge in [0.05, 0.1) is 7.11 Å². The smallest absolute Gasteiger partial charge is 0.408 e. The maximum absolute atomic E-state index is 13.2. The summed E-state index contributed by atoms with van der Waals surface area (Å²) < 4.78 is 10.1. The number of carbonyl (C=O) groups is 3. The van der Waals surface area contributed by atoms with E-state index in [9.17, 15) is 14.4 Å². The number of methoxy groups -OCH3 is 1. The fourth-order valence-electron chi connectivity index (χ4n) is 3.28. The van der Waals surface area contributed by atoms with Crippen molar-refractivity contribution in [3.63, 3.8) is 0 Å². The number of hydrogen-bond acceptors (Lipinski definition) is 5. The lowest BCUT2D eigenvalue weighted by molar-refractivity contribution is -0.148. The van der Waals surface area contributed by atoms with Gasteiger partial charge in [-0.2, -0.15) is 0 Å². The van der Waals surface area contributed by atoms with Crippen molar-refractivity contribution in [1.82, 2.24) is 10.2 Å². The average molecular weight is 385 g/mol. The molecule has 1 atom stereocenters. The Morgan fingerprint density at radius 1 is 1.11 bits per heavy atom. The van der Waals surface area contributed by atoms with Gasteiger partial charge in [0.2, 0.25) is 5.91 Å². The summed E-state index contributed by atoms with van der Waals surface area (Å²) in [5.41, 5.74) is -0.650. The van der Waals surface area contributed by atoms with E-state index in [0.717, 1.165) is 25.7 Å². The Labute approximate surface area is 163 Å². The van der Waals surface area contributed by atoms with Gasteiger partial charge < -0.3 is 19.7 Å². The van der Waals surface area contributed by atoms with E-state index in [0.29, 0.717) is 12.5 Å². The van der Waals surface area contributed by atoms with Gasteiger partial charge in [0.25, 0.3) is 0 Å². The van der Waals surface area contributed by atoms with Gasteiger partial charge in [0.15, 0.2) is 0 Å². The van der Waals surface area contributed by atoms with Crippen LogP contribution in [-0.2, 0) is 19.1 Å². The molecule has 0 saturated heterocycles. The highest BCUT2D eigenvalue weighted by atomic mass is 16.6. The molecule has 0 aromatic heterocycles. The molecule has 156 valence electrons. The van der Waals surface area contributed by atoms with Crippen LogP contribution in [-0.4, -0.2) is 54.7 Å². The van der Waals surface area contributed by atoms with Crippen molar-refractivity contribution in [1.29, 1.82) is 0 Å². The van der Waals surface area contributed by atoms with Gasteiger partial charge in [-0.25, -0.2) is 4.79 Å². The molecule has 1 fully saturated rings. The van der Waals surface area contributed by atoms with Crippen LogP contribution in [0.2, 0.25) is 0 Å². The Balaban J connectivity index is 2.88. The number of esters is 1. The van der Waals surface area contributed by atoms with E-state index in [1.807, 2.05) is 13.8 Å². The first-order valence-corrected chi connectivity index (χ1v) is 9.88. The van der Waals surface area contributed by atoms with Crippen LogP contribution in [0, 0.1) is 11.8 Å². The summed E-state index contributed by atoms with van der Waals surface area (Å²) in [7, 11) is 1.31. The summed E-state index contributed by atoms with van der Waals surface area (Å²) in [4.78, 5) is 38.7. The molecular formula is C20H36N2O5. The molecule has 0 spiro atoms. The standard InChI is InChI=1S/C20H36N2O5/c1-14(2)17(21-19(25)27-20(3,4)5)18(24)22(13-16(23)26-6)12-15-10-8-7-9-11-15/h14-15,17H,7-13H2,1-6H3,(H,21,25)/t17-/m0/s1. The normalized spacial score (nSPS) is 16.6. The number of ether oxygens (including phenoxy) is 2. The Kier molecular flexibility index (Phi) is 9.06. The molecule has 0 aromatic rings. The van der Waals surface area contributed by atoms with Gasteiger partial charge in [-0.1, -0.05) is 33.1 Å². The van der Waals surface area contributed by atoms with E-state index in [4.69, 9.17) is 9.47 Å². The Morgan fingerprint density at radius 3 is 2.19 bits per heavy atom. The molecule has 1 aliphatic carbocycles. The van der Waals surface area contributed by atoms with Crippen LogP contribution in [0.5, 0.6) is 0 Å². The minimum Gasteiger partial charge on any atom is -0.468 e. The molecule has 7 heteroatoms. The summed E-state index contributed by atoms with van der Waals surface area (Å²) in [6.07, 6.45) is 4.98. The lowest BCUT2D eigenvalue weighted by Gasteiger charge is -2.33. The van der Waals surface area contributed by atoms with E-state index in [-0.39, 0.29) is 18.4 Å². The number of nitrogens with zero attached hydrogens (tertiary/aromatic N) is 1. The number of rotatable bonds is 7. The zero-order chi connectivity index (χ0) is 20.6. The number of amides is 2. The number of alkyl carbamates (subject to hydrolysis) is 1. The number of nitrogens with one attached hydrogen (secondary N) is 1. The van der Waals surface area contributed by atoms with Crippen LogP contribution < -0.4 is 5.32 Å². The van der Waals surface area contributed by atoms with Crippen molar-refractivity contribution in [2.45, 2.75) is 78.4 Å². The van der Waals surface area contributed by atoms with Crippen LogP contribution >= 0.6 is 0 Å². The predicted molar refractivity (Wildman–Crippen MR) is 103 cm³/mol. The highest BCUT2D eigenvalue weighted by molar-refractivity contribution is 5.88. The van der Waals surface area contributed by atoms with Crippen molar-refractivity contribution in [2.75, 3.05) is 20.2 Å². The minimum atomic E-state index is -0.756. The lowest BCUT2D eigenvalue weighted by atomic mass is 9.88. The molecule has 1 aliphatic rings. The molecule has 1 rings (SSSR count). The lowest BCUT2D eigenvalue weighted by Crippen LogP contribution is -2.54. The molecule has 27 heavy (non-hydrogen) atoms. The highest BCUT2D eigenvalue weighted by Crippen LogP contribution is 2.25. The Hall–Kier alpha value is -1.79. The van der Waals surface area contributed by atoms with Crippen LogP contribution in [0.15, 0.2) is 0 Å². The first kappa shape index (κ1) is 23.2. The Morgan fingerprint density at radius 2 is 1.70 bits per heavy atom. The van der Waals surface area contributed by atoms with Crippen LogP contribution in [0.4, 0.5) is 4.79 Å². The predicted octanol–water partition coefficient (Wildman–Crippen LogP) is 3.12. The van der Waals surface area contributed by atoms with E-state index >= 15 is 0 Å². The molecule has 0 aromatic carbocycles. The van der Waals surface area contributed by atoms with Gasteiger partial charge in [-0.3, -0.25) is 9.59 Å². The third-order valence-electron chi connectivity index (χ3n) is 4.67. The zero-order valence-corrected chi connectivity index (χ0v) is 17.7. The van der Waals surface area contributed by atoms with Gasteiger partial charge in [0.1, 0.15) is 18.2 Å². The van der Waals surface area contributed by atoms with Crippen molar-refractivity contribution < 1.29 is 23.9 Å². The summed E-state index contributed by atoms with van der Waals surface area (Å²) in [5, 5.41) is 2.68. The average Bonchev–Trinajstić information content (AvgIpc) is 2.57. The van der Waals surface area contributed by atoms with Gasteiger partial charge in [-0.05, 0) is 45.4 Å². The van der Waals surface area contributed by atoms with Gasteiger partial charge in [0, 0.05) is 6.54 Å². The molecule has 1 saturated carbocycles. The van der Waals surface area contributed by atoms with Gasteiger partial charge in [-0.15, -0.1) is 0 Å². The molecule has 0 aliphatic heterocycles. The summed E-state index contributed by atoms with van der Waals surface area (Å²) >= 11 is 0. The molecule has 2 amide bonds. The van der Waals surface area contributed by atoms with E-state index in [2.05, 4.69) is 5.32 Å². The van der Waals surface area contributed by atoms with Crippen LogP contribution in [0.1, 0.15) is 66.7 Å². The quantitative estimate of drug-likeness (QED) is 0.682. The van der Waals surface area contributed by atoms with Crippen molar-refractivity contribution in [3.8, 4) is 0 Å². The summed E-state index contributed by atoms with van der Waals surface area (Å²) in [6.45, 7) is 9.42. The van der Waals surface area contributed by atoms with Crippen LogP contribution in [0.25, 0.3) is 0 Å². The molecular weight excluding hydrogens is 348 g/mol. The Bertz CT molecular complexity index is 507. The second kappa shape index (κ2) is 10.5. The zero-order valence-electron chi connectivity index (χ0n) is 17.7. The third kappa shape index (κ3) is 8.63. The summed E-state index contributed by atoms with van der Waals surface area (Å²) in [5.74, 6) is -0.496. The monoisotopic (exact) mass is 384 g/mol. The molecule has 7 nitrogen and oxygen atoms in total. The molecule has 0 heterocycles. The maximum Gasteiger partial charge on any atom is 0.408 e. The number of carbonyl (C=O) groups excluding carboxylic acids is 3. The second-order valence-corrected chi connectivity index (χ2v) is 8.67. The van der Waals surface area contributed by atoms with Crippen molar-refractivity contribution >= 4 is 18.0 Å². The van der Waals surface area contributed by atoms with Crippen molar-refractivity contribution in [2.24, 2.45) is 11.8 Å². The topological polar surface area (TPSA) is 84.9 Å². The molecule has 0 unspecified atom stereocenters. The van der Waals surface area contributed by atoms with Gasteiger partial charge >= 0.3 is 12.1 Å². The van der Waals surface area contributed by atoms with E-state index < -0.39 is 23.7 Å². The second-order valence-electron chi connectivity index (χ2n) is 8.67. The minimum absolute atomic E-state index is 0.106. The first-order chi connectivity index (χ1) is 12.5. The first-order valence-electron chi connectivity index (χ1n) is 9.88. The van der Waals surface area contributed by atoms with Crippen LogP contribution in [0.3, 0.4) is 0 Å². The maximum atomic E-state index is 13.2. The molecule has 0 radical (unpaired) electrons. The van der Waals surface area contributed by atoms with E-state index in [1.165, 1.54) is 18.4 Å². The summed E-state index contributed by atoms with van der Waals surface area (Å²) in [6, 6.07) is -0.756. The van der Waals surface area contributed by atoms with Crippen molar-refractivity contribution in [3.05, 3.63) is 0 Å². The fraction of sp³-hybridized carbons (Fsp3) is 0.850. The van der Waals surface area contributed by atoms with E-state index in [1.54, 1.807) is 20.8 Å². The molecule has 0 bridgehead atoms. The largest absolute Gasteiger partial charge is 0.468 e. The SMILES string of the molecule is COC(=O)CN(CC1CCCCC1)C(=O)[C@@H](NC(=O)OC(C)(C)C)C(C)C. The number of hydrogen-bond donors (Lipinski definition) is 1.